The summed E-state index contributed by atoms with van der Waals surface area (Å²) in [5.74, 6) is 0. The van der Waals surface area contributed by atoms with Crippen molar-refractivity contribution >= 4 is 5.69 Å². The molecule has 1 aliphatic rings. The van der Waals surface area contributed by atoms with Gasteiger partial charge in [-0.2, -0.15) is 0 Å². The minimum atomic E-state index is -0.112. The van der Waals surface area contributed by atoms with Gasteiger partial charge >= 0.3 is 0 Å². The van der Waals surface area contributed by atoms with Crippen molar-refractivity contribution in [2.45, 2.75) is 25.4 Å². The number of nitrogens with zero attached hydrogens (tertiary/aromatic N) is 1. The lowest BCUT2D eigenvalue weighted by molar-refractivity contribution is 0.145. The van der Waals surface area contributed by atoms with Crippen LogP contribution in [0.3, 0.4) is 0 Å². The monoisotopic (exact) mass is 266 g/mol. The highest BCUT2D eigenvalue weighted by Gasteiger charge is 2.16. The number of benzene rings is 2. The normalized spacial score (nSPS) is 16.4. The molecule has 0 bridgehead atoms. The number of hydrogen-bond acceptors (Lipinski definition) is 2. The molecule has 1 aliphatic heterocycles. The first kappa shape index (κ1) is 13.2. The van der Waals surface area contributed by atoms with Gasteiger partial charge < -0.3 is 10.0 Å². The molecule has 0 unspecified atom stereocenters. The molecule has 0 saturated carbocycles. The molecule has 1 radical (unpaired) electrons. The highest BCUT2D eigenvalue weighted by molar-refractivity contribution is 5.48. The van der Waals surface area contributed by atoms with E-state index in [1.165, 1.54) is 16.8 Å². The fourth-order valence-electron chi connectivity index (χ4n) is 2.71. The third kappa shape index (κ3) is 3.20. The van der Waals surface area contributed by atoms with E-state index in [-0.39, 0.29) is 6.10 Å². The third-order valence-electron chi connectivity index (χ3n) is 3.93. The van der Waals surface area contributed by atoms with Crippen molar-refractivity contribution in [3.8, 4) is 0 Å². The molecule has 0 amide bonds. The van der Waals surface area contributed by atoms with Crippen LogP contribution in [0.5, 0.6) is 0 Å². The summed E-state index contributed by atoms with van der Waals surface area (Å²) in [7, 11) is 0. The largest absolute Gasteiger partial charge is 0.393 e. The van der Waals surface area contributed by atoms with Crippen LogP contribution in [0.1, 0.15) is 24.0 Å². The van der Waals surface area contributed by atoms with Gasteiger partial charge in [0.05, 0.1) is 6.10 Å². The summed E-state index contributed by atoms with van der Waals surface area (Å²) >= 11 is 0. The quantitative estimate of drug-likeness (QED) is 0.923. The Kier molecular flexibility index (Phi) is 4.03. The molecule has 2 nitrogen and oxygen atoms in total. The van der Waals surface area contributed by atoms with E-state index < -0.39 is 0 Å². The zero-order valence-corrected chi connectivity index (χ0v) is 11.6. The number of anilines is 1. The SMILES string of the molecule is OC1CCN(c2ccc(Cc3[c]cccc3)cc2)CC1. The Labute approximate surface area is 120 Å². The minimum absolute atomic E-state index is 0.112. The molecule has 0 spiro atoms. The standard InChI is InChI=1S/C18H20NO/c20-18-10-12-19(13-11-18)17-8-6-16(7-9-17)14-15-4-2-1-3-5-15/h1-4,6-9,18,20H,10-14H2. The second-order valence-corrected chi connectivity index (χ2v) is 5.45. The van der Waals surface area contributed by atoms with E-state index >= 15 is 0 Å². The van der Waals surface area contributed by atoms with Gasteiger partial charge in [-0.3, -0.25) is 0 Å². The maximum atomic E-state index is 9.55. The number of aliphatic hydroxyl groups excluding tert-OH is 1. The molecule has 1 saturated heterocycles. The summed E-state index contributed by atoms with van der Waals surface area (Å²) in [6, 6.07) is 20.2. The Hall–Kier alpha value is -1.80. The second kappa shape index (κ2) is 6.10. The van der Waals surface area contributed by atoms with Gasteiger partial charge in [0.2, 0.25) is 0 Å². The van der Waals surface area contributed by atoms with E-state index in [0.717, 1.165) is 32.4 Å². The Morgan fingerprint density at radius 2 is 1.80 bits per heavy atom. The van der Waals surface area contributed by atoms with Gasteiger partial charge in [-0.1, -0.05) is 36.4 Å². The van der Waals surface area contributed by atoms with Gasteiger partial charge in [-0.25, -0.2) is 0 Å². The molecular weight excluding hydrogens is 246 g/mol. The molecule has 3 rings (SSSR count). The van der Waals surface area contributed by atoms with Gasteiger partial charge in [-0.15, -0.1) is 0 Å². The Morgan fingerprint density at radius 1 is 1.05 bits per heavy atom. The van der Waals surface area contributed by atoms with Crippen LogP contribution in [0.4, 0.5) is 5.69 Å². The number of hydrogen-bond donors (Lipinski definition) is 1. The van der Waals surface area contributed by atoms with Crippen LogP contribution in [0.15, 0.2) is 48.5 Å². The predicted octanol–water partition coefficient (Wildman–Crippen LogP) is 3.04. The average molecular weight is 266 g/mol. The van der Waals surface area contributed by atoms with E-state index in [1.54, 1.807) is 0 Å². The summed E-state index contributed by atoms with van der Waals surface area (Å²) in [6.45, 7) is 1.90. The molecule has 0 atom stereocenters. The fourth-order valence-corrected chi connectivity index (χ4v) is 2.71. The Bertz CT molecular complexity index is 527. The van der Waals surface area contributed by atoms with Crippen LogP contribution in [0.2, 0.25) is 0 Å². The molecule has 1 fully saturated rings. The first-order valence-electron chi connectivity index (χ1n) is 7.29. The molecule has 103 valence electrons. The van der Waals surface area contributed by atoms with Crippen LogP contribution >= 0.6 is 0 Å². The van der Waals surface area contributed by atoms with Crippen molar-refractivity contribution < 1.29 is 5.11 Å². The van der Waals surface area contributed by atoms with E-state index in [1.807, 2.05) is 12.1 Å². The highest BCUT2D eigenvalue weighted by Crippen LogP contribution is 2.21. The van der Waals surface area contributed by atoms with Crippen molar-refractivity contribution in [2.75, 3.05) is 18.0 Å². The maximum absolute atomic E-state index is 9.55. The molecule has 0 aliphatic carbocycles. The van der Waals surface area contributed by atoms with Crippen molar-refractivity contribution in [2.24, 2.45) is 0 Å². The topological polar surface area (TPSA) is 23.5 Å². The van der Waals surface area contributed by atoms with Gasteiger partial charge in [0, 0.05) is 18.8 Å². The molecule has 2 heteroatoms. The predicted molar refractivity (Wildman–Crippen MR) is 82.0 cm³/mol. The van der Waals surface area contributed by atoms with Crippen LogP contribution in [-0.2, 0) is 6.42 Å². The molecule has 1 N–H and O–H groups in total. The summed E-state index contributed by atoms with van der Waals surface area (Å²) in [6.07, 6.45) is 2.57. The fraction of sp³-hybridized carbons (Fsp3) is 0.333. The average Bonchev–Trinajstić information content (AvgIpc) is 2.50. The number of aliphatic hydroxyl groups is 1. The summed E-state index contributed by atoms with van der Waals surface area (Å²) in [4.78, 5) is 2.35. The molecule has 2 aromatic carbocycles. The van der Waals surface area contributed by atoms with E-state index in [0.29, 0.717) is 0 Å². The van der Waals surface area contributed by atoms with E-state index in [9.17, 15) is 5.11 Å². The van der Waals surface area contributed by atoms with Crippen molar-refractivity contribution in [3.63, 3.8) is 0 Å². The summed E-state index contributed by atoms with van der Waals surface area (Å²) in [5, 5.41) is 9.55. The first-order valence-corrected chi connectivity index (χ1v) is 7.29. The highest BCUT2D eigenvalue weighted by atomic mass is 16.3. The Balaban J connectivity index is 1.65. The number of piperidine rings is 1. The number of rotatable bonds is 3. The van der Waals surface area contributed by atoms with E-state index in [2.05, 4.69) is 47.4 Å². The van der Waals surface area contributed by atoms with Gasteiger partial charge in [0.25, 0.3) is 0 Å². The van der Waals surface area contributed by atoms with Crippen LogP contribution in [0.25, 0.3) is 0 Å². The zero-order chi connectivity index (χ0) is 13.8. The Morgan fingerprint density at radius 3 is 2.45 bits per heavy atom. The summed E-state index contributed by atoms with van der Waals surface area (Å²) < 4.78 is 0. The minimum Gasteiger partial charge on any atom is -0.393 e. The maximum Gasteiger partial charge on any atom is 0.0574 e. The van der Waals surface area contributed by atoms with Crippen LogP contribution in [0, 0.1) is 6.07 Å². The molecular formula is C18H20NO. The second-order valence-electron chi connectivity index (χ2n) is 5.45. The van der Waals surface area contributed by atoms with Crippen LogP contribution in [-0.4, -0.2) is 24.3 Å². The first-order chi connectivity index (χ1) is 9.81. The van der Waals surface area contributed by atoms with Crippen LogP contribution < -0.4 is 4.90 Å². The summed E-state index contributed by atoms with van der Waals surface area (Å²) in [5.41, 5.74) is 3.80. The van der Waals surface area contributed by atoms with Crippen molar-refractivity contribution in [1.29, 1.82) is 0 Å². The lowest BCUT2D eigenvalue weighted by Gasteiger charge is -2.31. The molecule has 1 heterocycles. The lowest BCUT2D eigenvalue weighted by atomic mass is 10.0. The van der Waals surface area contributed by atoms with Gasteiger partial charge in [0.15, 0.2) is 0 Å². The van der Waals surface area contributed by atoms with Crippen molar-refractivity contribution in [1.82, 2.24) is 0 Å². The molecule has 20 heavy (non-hydrogen) atoms. The van der Waals surface area contributed by atoms with Gasteiger partial charge in [0.1, 0.15) is 0 Å². The van der Waals surface area contributed by atoms with Crippen molar-refractivity contribution in [3.05, 3.63) is 65.7 Å². The van der Waals surface area contributed by atoms with E-state index in [4.69, 9.17) is 0 Å². The lowest BCUT2D eigenvalue weighted by Crippen LogP contribution is -2.35. The zero-order valence-electron chi connectivity index (χ0n) is 11.6. The molecule has 2 aromatic rings. The third-order valence-corrected chi connectivity index (χ3v) is 3.93. The van der Waals surface area contributed by atoms with Gasteiger partial charge in [-0.05, 0) is 48.6 Å². The molecule has 0 aromatic heterocycles. The smallest absolute Gasteiger partial charge is 0.0574 e.